The summed E-state index contributed by atoms with van der Waals surface area (Å²) in [4.78, 5) is 24.5. The molecule has 0 aromatic carbocycles. The van der Waals surface area contributed by atoms with Gasteiger partial charge in [0, 0.05) is 17.5 Å². The highest BCUT2D eigenvalue weighted by Gasteiger charge is 2.09. The highest BCUT2D eigenvalue weighted by Crippen LogP contribution is 2.07. The van der Waals surface area contributed by atoms with Crippen LogP contribution in [0.3, 0.4) is 0 Å². The Balaban J connectivity index is 2.06. The summed E-state index contributed by atoms with van der Waals surface area (Å²) in [7, 11) is 0. The number of hydrogen-bond acceptors (Lipinski definition) is 4. The van der Waals surface area contributed by atoms with Gasteiger partial charge in [0.05, 0.1) is 6.54 Å². The molecule has 2 aromatic rings. The van der Waals surface area contributed by atoms with E-state index in [1.54, 1.807) is 11.3 Å². The van der Waals surface area contributed by atoms with Crippen molar-refractivity contribution >= 4 is 17.2 Å². The monoisotopic (exact) mass is 277 g/mol. The fourth-order valence-electron chi connectivity index (χ4n) is 1.61. The van der Waals surface area contributed by atoms with E-state index in [0.29, 0.717) is 13.1 Å². The van der Waals surface area contributed by atoms with Gasteiger partial charge in [-0.15, -0.1) is 11.3 Å². The van der Waals surface area contributed by atoms with Crippen molar-refractivity contribution in [2.45, 2.75) is 26.4 Å². The van der Waals surface area contributed by atoms with Gasteiger partial charge in [0.25, 0.3) is 11.5 Å². The molecule has 0 saturated carbocycles. The van der Waals surface area contributed by atoms with E-state index < -0.39 is 0 Å². The summed E-state index contributed by atoms with van der Waals surface area (Å²) in [6.45, 7) is 2.95. The molecule has 2 aromatic heterocycles. The molecule has 100 valence electrons. The number of nitrogens with one attached hydrogen (secondary N) is 1. The predicted octanol–water partition coefficient (Wildman–Crippen LogP) is 1.64. The lowest BCUT2D eigenvalue weighted by molar-refractivity contribution is 0.0943. The van der Waals surface area contributed by atoms with Crippen LogP contribution in [0, 0.1) is 0 Å². The minimum atomic E-state index is -0.266. The summed E-state index contributed by atoms with van der Waals surface area (Å²) in [5.41, 5.74) is 0.0845. The molecule has 0 saturated heterocycles. The molecule has 0 atom stereocenters. The van der Waals surface area contributed by atoms with E-state index in [4.69, 9.17) is 0 Å². The molecular formula is C13H15N3O2S. The van der Waals surface area contributed by atoms with E-state index >= 15 is 0 Å². The molecule has 0 bridgehead atoms. The fourth-order valence-corrected chi connectivity index (χ4v) is 2.26. The van der Waals surface area contributed by atoms with Crippen molar-refractivity contribution in [1.82, 2.24) is 15.1 Å². The molecule has 2 heterocycles. The largest absolute Gasteiger partial charge is 0.346 e. The van der Waals surface area contributed by atoms with E-state index in [2.05, 4.69) is 10.4 Å². The van der Waals surface area contributed by atoms with Crippen LogP contribution in [0.4, 0.5) is 0 Å². The van der Waals surface area contributed by atoms with Crippen molar-refractivity contribution < 1.29 is 4.79 Å². The van der Waals surface area contributed by atoms with Crippen LogP contribution in [0.15, 0.2) is 34.4 Å². The SMILES string of the molecule is CCCn1nc(C(=O)NCc2cccs2)ccc1=O. The number of hydrogen-bond donors (Lipinski definition) is 1. The van der Waals surface area contributed by atoms with Crippen LogP contribution in [0.1, 0.15) is 28.7 Å². The molecule has 0 aliphatic carbocycles. The van der Waals surface area contributed by atoms with Crippen molar-refractivity contribution in [3.05, 3.63) is 50.6 Å². The topological polar surface area (TPSA) is 64.0 Å². The van der Waals surface area contributed by atoms with Gasteiger partial charge in [-0.3, -0.25) is 9.59 Å². The molecule has 0 aliphatic rings. The number of carbonyl (C=O) groups is 1. The summed E-state index contributed by atoms with van der Waals surface area (Å²) >= 11 is 1.58. The molecule has 0 aliphatic heterocycles. The maximum Gasteiger partial charge on any atom is 0.272 e. The second-order valence-electron chi connectivity index (χ2n) is 4.04. The Morgan fingerprint density at radius 1 is 1.42 bits per heavy atom. The quantitative estimate of drug-likeness (QED) is 0.903. The van der Waals surface area contributed by atoms with Crippen LogP contribution in [-0.2, 0) is 13.1 Å². The zero-order valence-corrected chi connectivity index (χ0v) is 11.4. The van der Waals surface area contributed by atoms with E-state index in [-0.39, 0.29) is 17.2 Å². The number of aryl methyl sites for hydroxylation is 1. The normalized spacial score (nSPS) is 10.4. The van der Waals surface area contributed by atoms with Crippen LogP contribution in [0.5, 0.6) is 0 Å². The van der Waals surface area contributed by atoms with E-state index in [9.17, 15) is 9.59 Å². The first-order valence-electron chi connectivity index (χ1n) is 6.09. The van der Waals surface area contributed by atoms with Gasteiger partial charge < -0.3 is 5.32 Å². The number of amides is 1. The molecular weight excluding hydrogens is 262 g/mol. The molecule has 5 nitrogen and oxygen atoms in total. The molecule has 0 spiro atoms. The average molecular weight is 277 g/mol. The minimum absolute atomic E-state index is 0.184. The third kappa shape index (κ3) is 3.51. The molecule has 19 heavy (non-hydrogen) atoms. The van der Waals surface area contributed by atoms with Crippen LogP contribution in [0.25, 0.3) is 0 Å². The first-order valence-corrected chi connectivity index (χ1v) is 6.97. The maximum absolute atomic E-state index is 11.9. The Kier molecular flexibility index (Phi) is 4.46. The zero-order chi connectivity index (χ0) is 13.7. The van der Waals surface area contributed by atoms with Gasteiger partial charge in [0.15, 0.2) is 0 Å². The van der Waals surface area contributed by atoms with Gasteiger partial charge >= 0.3 is 0 Å². The van der Waals surface area contributed by atoms with Crippen LogP contribution < -0.4 is 10.9 Å². The predicted molar refractivity (Wildman–Crippen MR) is 74.3 cm³/mol. The van der Waals surface area contributed by atoms with Crippen LogP contribution in [0.2, 0.25) is 0 Å². The van der Waals surface area contributed by atoms with Crippen molar-refractivity contribution in [1.29, 1.82) is 0 Å². The smallest absolute Gasteiger partial charge is 0.272 e. The molecule has 6 heteroatoms. The number of rotatable bonds is 5. The van der Waals surface area contributed by atoms with Gasteiger partial charge in [-0.1, -0.05) is 13.0 Å². The van der Waals surface area contributed by atoms with Crippen molar-refractivity contribution in [2.75, 3.05) is 0 Å². The molecule has 0 fully saturated rings. The first-order chi connectivity index (χ1) is 9.20. The zero-order valence-electron chi connectivity index (χ0n) is 10.6. The van der Waals surface area contributed by atoms with Gasteiger partial charge in [-0.05, 0) is 23.9 Å². The number of aromatic nitrogens is 2. The van der Waals surface area contributed by atoms with Crippen LogP contribution in [-0.4, -0.2) is 15.7 Å². The minimum Gasteiger partial charge on any atom is -0.346 e. The highest BCUT2D eigenvalue weighted by molar-refractivity contribution is 7.09. The number of nitrogens with zero attached hydrogens (tertiary/aromatic N) is 2. The lowest BCUT2D eigenvalue weighted by atomic mass is 10.3. The molecule has 1 N–H and O–H groups in total. The lowest BCUT2D eigenvalue weighted by Crippen LogP contribution is -2.29. The third-order valence-corrected chi connectivity index (χ3v) is 3.41. The van der Waals surface area contributed by atoms with Gasteiger partial charge in [0.1, 0.15) is 5.69 Å². The highest BCUT2D eigenvalue weighted by atomic mass is 32.1. The van der Waals surface area contributed by atoms with Crippen molar-refractivity contribution in [3.8, 4) is 0 Å². The second-order valence-corrected chi connectivity index (χ2v) is 5.07. The fraction of sp³-hybridized carbons (Fsp3) is 0.308. The summed E-state index contributed by atoms with van der Waals surface area (Å²) < 4.78 is 1.32. The van der Waals surface area contributed by atoms with E-state index in [1.165, 1.54) is 16.8 Å². The first kappa shape index (κ1) is 13.5. The van der Waals surface area contributed by atoms with Crippen LogP contribution >= 0.6 is 11.3 Å². The number of carbonyl (C=O) groups excluding carboxylic acids is 1. The Labute approximate surface area is 114 Å². The summed E-state index contributed by atoms with van der Waals surface area (Å²) in [6, 6.07) is 6.73. The Bertz CT molecular complexity index is 605. The lowest BCUT2D eigenvalue weighted by Gasteiger charge is -2.06. The second kappa shape index (κ2) is 6.29. The third-order valence-electron chi connectivity index (χ3n) is 2.54. The summed E-state index contributed by atoms with van der Waals surface area (Å²) in [5.74, 6) is -0.266. The van der Waals surface area contributed by atoms with Gasteiger partial charge in [0.2, 0.25) is 0 Å². The standard InChI is InChI=1S/C13H15N3O2S/c1-2-7-16-12(17)6-5-11(15-16)13(18)14-9-10-4-3-8-19-10/h3-6,8H,2,7,9H2,1H3,(H,14,18). The van der Waals surface area contributed by atoms with Gasteiger partial charge in [-0.2, -0.15) is 5.10 Å². The molecule has 0 unspecified atom stereocenters. The molecule has 1 amide bonds. The number of thiophene rings is 1. The average Bonchev–Trinajstić information content (AvgIpc) is 2.92. The molecule has 0 radical (unpaired) electrons. The summed E-state index contributed by atoms with van der Waals surface area (Å²) in [5, 5.41) is 8.80. The Morgan fingerprint density at radius 2 is 2.26 bits per heavy atom. The van der Waals surface area contributed by atoms with Gasteiger partial charge in [-0.25, -0.2) is 4.68 Å². The Hall–Kier alpha value is -1.95. The van der Waals surface area contributed by atoms with E-state index in [1.807, 2.05) is 24.4 Å². The maximum atomic E-state index is 11.9. The van der Waals surface area contributed by atoms with Crippen molar-refractivity contribution in [3.63, 3.8) is 0 Å². The summed E-state index contributed by atoms with van der Waals surface area (Å²) in [6.07, 6.45) is 0.799. The van der Waals surface area contributed by atoms with E-state index in [0.717, 1.165) is 11.3 Å². The Morgan fingerprint density at radius 3 is 2.95 bits per heavy atom. The molecule has 2 rings (SSSR count). The van der Waals surface area contributed by atoms with Crippen molar-refractivity contribution in [2.24, 2.45) is 0 Å².